The first-order valence-corrected chi connectivity index (χ1v) is 5.61. The summed E-state index contributed by atoms with van der Waals surface area (Å²) in [6, 6.07) is 5.18. The molecule has 0 atom stereocenters. The van der Waals surface area contributed by atoms with Crippen molar-refractivity contribution < 1.29 is 9.90 Å². The molecule has 0 aliphatic rings. The van der Waals surface area contributed by atoms with Gasteiger partial charge in [-0.15, -0.1) is 0 Å². The maximum atomic E-state index is 10.8. The van der Waals surface area contributed by atoms with Crippen LogP contribution in [-0.4, -0.2) is 11.0 Å². The Morgan fingerprint density at radius 1 is 1.31 bits per heavy atom. The minimum absolute atomic E-state index is 0.137. The maximum Gasteiger partial charge on any atom is 0.221 e. The van der Waals surface area contributed by atoms with Gasteiger partial charge in [0.15, 0.2) is 0 Å². The molecule has 3 heteroatoms. The Morgan fingerprint density at radius 2 is 1.88 bits per heavy atom. The Hall–Kier alpha value is -1.51. The Balaban J connectivity index is 0.00000106. The molecule has 0 bridgehead atoms. The van der Waals surface area contributed by atoms with Crippen LogP contribution in [0, 0.1) is 0 Å². The second kappa shape index (κ2) is 6.88. The van der Waals surface area contributed by atoms with E-state index < -0.39 is 0 Å². The number of carbonyl (C=O) groups excluding carboxylic acids is 1. The quantitative estimate of drug-likeness (QED) is 0.806. The predicted molar refractivity (Wildman–Crippen MR) is 67.8 cm³/mol. The monoisotopic (exact) mass is 223 g/mol. The van der Waals surface area contributed by atoms with Crippen molar-refractivity contribution in [3.8, 4) is 5.75 Å². The zero-order valence-electron chi connectivity index (χ0n) is 10.7. The van der Waals surface area contributed by atoms with Crippen molar-refractivity contribution in [2.75, 3.05) is 5.32 Å². The molecule has 0 spiro atoms. The number of phenolic OH excluding ortho intramolecular Hbond substituents is 1. The second-order valence-corrected chi connectivity index (χ2v) is 3.61. The lowest BCUT2D eigenvalue weighted by atomic mass is 10.0. The van der Waals surface area contributed by atoms with Crippen molar-refractivity contribution in [1.82, 2.24) is 0 Å². The normalized spacial score (nSPS) is 9.38. The highest BCUT2D eigenvalue weighted by Gasteiger charge is 2.06. The summed E-state index contributed by atoms with van der Waals surface area (Å²) in [5, 5.41) is 12.2. The molecule has 0 heterocycles. The number of carbonyl (C=O) groups is 1. The molecular weight excluding hydrogens is 202 g/mol. The molecule has 3 nitrogen and oxygen atoms in total. The molecule has 0 radical (unpaired) electrons. The van der Waals surface area contributed by atoms with Crippen LogP contribution in [0.1, 0.15) is 46.1 Å². The van der Waals surface area contributed by atoms with E-state index in [1.165, 1.54) is 6.92 Å². The van der Waals surface area contributed by atoms with Gasteiger partial charge in [-0.2, -0.15) is 0 Å². The molecule has 0 unspecified atom stereocenters. The highest BCUT2D eigenvalue weighted by molar-refractivity contribution is 5.88. The first kappa shape index (κ1) is 14.5. The maximum absolute atomic E-state index is 10.8. The van der Waals surface area contributed by atoms with E-state index in [9.17, 15) is 9.90 Å². The van der Waals surface area contributed by atoms with Crippen LogP contribution in [-0.2, 0) is 4.79 Å². The number of nitrogens with one attached hydrogen (secondary N) is 1. The summed E-state index contributed by atoms with van der Waals surface area (Å²) >= 11 is 0. The molecule has 0 aliphatic carbocycles. The average Bonchev–Trinajstić information content (AvgIpc) is 2.19. The molecular formula is C13H21NO2. The molecule has 90 valence electrons. The summed E-state index contributed by atoms with van der Waals surface area (Å²) in [6.07, 6.45) is 0. The topological polar surface area (TPSA) is 49.3 Å². The zero-order chi connectivity index (χ0) is 12.7. The van der Waals surface area contributed by atoms with Crippen LogP contribution < -0.4 is 5.32 Å². The molecule has 1 aromatic carbocycles. The van der Waals surface area contributed by atoms with Gasteiger partial charge in [0.05, 0.1) is 0 Å². The van der Waals surface area contributed by atoms with Gasteiger partial charge in [0.25, 0.3) is 0 Å². The number of hydrogen-bond donors (Lipinski definition) is 2. The van der Waals surface area contributed by atoms with Crippen LogP contribution in [0.25, 0.3) is 0 Å². The smallest absolute Gasteiger partial charge is 0.221 e. The number of anilines is 1. The van der Waals surface area contributed by atoms with Crippen molar-refractivity contribution in [3.63, 3.8) is 0 Å². The van der Waals surface area contributed by atoms with Crippen LogP contribution in [0.5, 0.6) is 5.75 Å². The summed E-state index contributed by atoms with van der Waals surface area (Å²) in [5.41, 5.74) is 1.51. The number of rotatable bonds is 2. The number of phenols is 1. The Morgan fingerprint density at radius 3 is 2.25 bits per heavy atom. The third-order valence-electron chi connectivity index (χ3n) is 1.97. The van der Waals surface area contributed by atoms with Crippen LogP contribution in [0.4, 0.5) is 5.69 Å². The fraction of sp³-hybridized carbons (Fsp3) is 0.462. The van der Waals surface area contributed by atoms with Gasteiger partial charge in [0, 0.05) is 18.7 Å². The van der Waals surface area contributed by atoms with Gasteiger partial charge in [-0.1, -0.05) is 33.8 Å². The van der Waals surface area contributed by atoms with Crippen LogP contribution in [0.3, 0.4) is 0 Å². The van der Waals surface area contributed by atoms with Gasteiger partial charge in [-0.25, -0.2) is 0 Å². The Labute approximate surface area is 97.5 Å². The summed E-state index contributed by atoms with van der Waals surface area (Å²) < 4.78 is 0. The van der Waals surface area contributed by atoms with Gasteiger partial charge in [-0.05, 0) is 17.5 Å². The van der Waals surface area contributed by atoms with Crippen LogP contribution in [0.15, 0.2) is 18.2 Å². The molecule has 1 aromatic rings. The minimum atomic E-state index is -0.137. The highest BCUT2D eigenvalue weighted by Crippen LogP contribution is 2.27. The molecule has 0 aromatic heterocycles. The summed E-state index contributed by atoms with van der Waals surface area (Å²) in [5.74, 6) is 0.370. The van der Waals surface area contributed by atoms with E-state index in [1.807, 2.05) is 33.8 Å². The predicted octanol–water partition coefficient (Wildman–Crippen LogP) is 3.50. The van der Waals surface area contributed by atoms with E-state index in [1.54, 1.807) is 12.1 Å². The first-order valence-electron chi connectivity index (χ1n) is 5.61. The molecule has 16 heavy (non-hydrogen) atoms. The lowest BCUT2D eigenvalue weighted by Crippen LogP contribution is -2.05. The Kier molecular flexibility index (Phi) is 6.23. The Bertz CT molecular complexity index is 346. The zero-order valence-corrected chi connectivity index (χ0v) is 10.7. The lowest BCUT2D eigenvalue weighted by molar-refractivity contribution is -0.114. The lowest BCUT2D eigenvalue weighted by Gasteiger charge is -2.09. The van der Waals surface area contributed by atoms with Crippen molar-refractivity contribution in [2.24, 2.45) is 0 Å². The fourth-order valence-corrected chi connectivity index (χ4v) is 1.31. The molecule has 1 rings (SSSR count). The van der Waals surface area contributed by atoms with Crippen LogP contribution in [0.2, 0.25) is 0 Å². The first-order chi connectivity index (χ1) is 7.50. The van der Waals surface area contributed by atoms with Gasteiger partial charge >= 0.3 is 0 Å². The van der Waals surface area contributed by atoms with E-state index >= 15 is 0 Å². The van der Waals surface area contributed by atoms with Gasteiger partial charge in [0.2, 0.25) is 5.91 Å². The van der Waals surface area contributed by atoms with E-state index in [0.717, 1.165) is 5.56 Å². The van der Waals surface area contributed by atoms with E-state index in [4.69, 9.17) is 0 Å². The van der Waals surface area contributed by atoms with E-state index in [0.29, 0.717) is 5.69 Å². The van der Waals surface area contributed by atoms with Crippen molar-refractivity contribution in [2.45, 2.75) is 40.5 Å². The van der Waals surface area contributed by atoms with Gasteiger partial charge < -0.3 is 10.4 Å². The number of amides is 1. The van der Waals surface area contributed by atoms with Crippen molar-refractivity contribution in [3.05, 3.63) is 23.8 Å². The molecule has 1 amide bonds. The molecule has 0 fully saturated rings. The van der Waals surface area contributed by atoms with E-state index in [2.05, 4.69) is 5.32 Å². The van der Waals surface area contributed by atoms with Gasteiger partial charge in [-0.3, -0.25) is 4.79 Å². The molecule has 0 saturated carbocycles. The van der Waals surface area contributed by atoms with Crippen molar-refractivity contribution >= 4 is 11.6 Å². The number of aromatic hydroxyl groups is 1. The summed E-state index contributed by atoms with van der Waals surface area (Å²) in [7, 11) is 0. The van der Waals surface area contributed by atoms with Gasteiger partial charge in [0.1, 0.15) is 5.75 Å². The summed E-state index contributed by atoms with van der Waals surface area (Å²) in [4.78, 5) is 10.8. The second-order valence-electron chi connectivity index (χ2n) is 3.61. The average molecular weight is 223 g/mol. The SMILES string of the molecule is CC.CC(=O)Nc1ccc(C(C)C)c(O)c1. The summed E-state index contributed by atoms with van der Waals surface area (Å²) in [6.45, 7) is 9.45. The molecule has 0 aliphatic heterocycles. The third-order valence-corrected chi connectivity index (χ3v) is 1.97. The largest absolute Gasteiger partial charge is 0.508 e. The molecule has 0 saturated heterocycles. The van der Waals surface area contributed by atoms with E-state index in [-0.39, 0.29) is 17.6 Å². The fourth-order valence-electron chi connectivity index (χ4n) is 1.31. The third kappa shape index (κ3) is 4.34. The standard InChI is InChI=1S/C11H15NO2.C2H6/c1-7(2)10-5-4-9(6-11(10)14)12-8(3)13;1-2/h4-7,14H,1-3H3,(H,12,13);1-2H3. The molecule has 2 N–H and O–H groups in total. The van der Waals surface area contributed by atoms with Crippen molar-refractivity contribution in [1.29, 1.82) is 0 Å². The highest BCUT2D eigenvalue weighted by atomic mass is 16.3. The minimum Gasteiger partial charge on any atom is -0.508 e. The number of benzene rings is 1. The number of hydrogen-bond acceptors (Lipinski definition) is 2. The van der Waals surface area contributed by atoms with Crippen LogP contribution >= 0.6 is 0 Å².